The lowest BCUT2D eigenvalue weighted by molar-refractivity contribution is 0.415. The van der Waals surface area contributed by atoms with E-state index in [1.54, 1.807) is 43.5 Å². The number of halogens is 1. The van der Waals surface area contributed by atoms with Crippen LogP contribution < -0.4 is 16.0 Å². The number of nitriles is 2. The van der Waals surface area contributed by atoms with Gasteiger partial charge in [-0.2, -0.15) is 15.5 Å². The molecule has 5 rings (SSSR count). The van der Waals surface area contributed by atoms with Gasteiger partial charge in [-0.05, 0) is 35.4 Å². The van der Waals surface area contributed by atoms with Gasteiger partial charge in [-0.15, -0.1) is 11.3 Å². The molecule has 0 saturated heterocycles. The zero-order valence-corrected chi connectivity index (χ0v) is 19.2. The number of anilines is 1. The second-order valence-corrected chi connectivity index (χ2v) is 8.67. The van der Waals surface area contributed by atoms with Gasteiger partial charge in [0.1, 0.15) is 39.7 Å². The van der Waals surface area contributed by atoms with E-state index in [4.69, 9.17) is 22.1 Å². The maximum atomic E-state index is 13.2. The van der Waals surface area contributed by atoms with E-state index in [9.17, 15) is 15.3 Å². The van der Waals surface area contributed by atoms with Gasteiger partial charge in [-0.25, -0.2) is 0 Å². The molecular weight excluding hydrogens is 470 g/mol. The van der Waals surface area contributed by atoms with Gasteiger partial charge in [0.25, 0.3) is 5.56 Å². The van der Waals surface area contributed by atoms with E-state index in [-0.39, 0.29) is 22.6 Å². The third-order valence-corrected chi connectivity index (χ3v) is 6.80. The number of rotatable bonds is 3. The number of nitrogens with zero attached hydrogens (tertiary/aromatic N) is 4. The van der Waals surface area contributed by atoms with Crippen molar-refractivity contribution < 1.29 is 4.74 Å². The molecule has 5 aromatic rings. The first-order valence-electron chi connectivity index (χ1n) is 9.98. The number of aromatic nitrogens is 2. The van der Waals surface area contributed by atoms with E-state index in [2.05, 4.69) is 17.1 Å². The van der Waals surface area contributed by atoms with Gasteiger partial charge >= 0.3 is 0 Å². The van der Waals surface area contributed by atoms with Crippen LogP contribution in [0.5, 0.6) is 5.75 Å². The summed E-state index contributed by atoms with van der Waals surface area (Å²) in [5.41, 5.74) is 8.71. The van der Waals surface area contributed by atoms with Crippen LogP contribution in [0.15, 0.2) is 58.7 Å². The van der Waals surface area contributed by atoms with Crippen LogP contribution >= 0.6 is 22.9 Å². The molecule has 0 saturated carbocycles. The molecule has 9 heteroatoms. The van der Waals surface area contributed by atoms with Crippen molar-refractivity contribution in [1.29, 1.82) is 10.5 Å². The standard InChI is InChI=1S/C25H14ClN5O2S/c1-33-16-8-4-14(5-9-16)20-17(10-27)22(29)31-23(18(20)11-28)30-24(32)21-19(12-34-25(21)31)13-2-6-15(26)7-3-13/h2-9,12H,29H2,1H3. The van der Waals surface area contributed by atoms with Gasteiger partial charge in [-0.3, -0.25) is 9.20 Å². The molecule has 0 fully saturated rings. The average Bonchev–Trinajstić information content (AvgIpc) is 3.30. The van der Waals surface area contributed by atoms with E-state index in [0.29, 0.717) is 37.7 Å². The third-order valence-electron chi connectivity index (χ3n) is 5.59. The minimum absolute atomic E-state index is 0.0939. The lowest BCUT2D eigenvalue weighted by atomic mass is 9.96. The minimum atomic E-state index is -0.484. The highest BCUT2D eigenvalue weighted by atomic mass is 35.5. The molecule has 0 radical (unpaired) electrons. The topological polar surface area (TPSA) is 117 Å². The summed E-state index contributed by atoms with van der Waals surface area (Å²) < 4.78 is 6.72. The van der Waals surface area contributed by atoms with E-state index >= 15 is 0 Å². The number of hydrogen-bond donors (Lipinski definition) is 1. The van der Waals surface area contributed by atoms with Gasteiger partial charge in [0.15, 0.2) is 5.65 Å². The Morgan fingerprint density at radius 1 is 1.03 bits per heavy atom. The second kappa shape index (κ2) is 8.20. The quantitative estimate of drug-likeness (QED) is 0.375. The van der Waals surface area contributed by atoms with Crippen molar-refractivity contribution in [2.45, 2.75) is 0 Å². The smallest absolute Gasteiger partial charge is 0.282 e. The van der Waals surface area contributed by atoms with Crippen LogP contribution in [-0.2, 0) is 0 Å². The Balaban J connectivity index is 1.90. The van der Waals surface area contributed by atoms with Gasteiger partial charge in [0, 0.05) is 21.5 Å². The maximum Gasteiger partial charge on any atom is 0.282 e. The van der Waals surface area contributed by atoms with Crippen LogP contribution in [0.4, 0.5) is 5.82 Å². The number of benzene rings is 2. The lowest BCUT2D eigenvalue weighted by Crippen LogP contribution is -2.15. The molecule has 0 atom stereocenters. The Labute approximate surface area is 202 Å². The first-order valence-corrected chi connectivity index (χ1v) is 11.2. The first-order chi connectivity index (χ1) is 16.5. The Morgan fingerprint density at radius 3 is 2.29 bits per heavy atom. The van der Waals surface area contributed by atoms with Crippen molar-refractivity contribution in [1.82, 2.24) is 9.38 Å². The van der Waals surface area contributed by atoms with Crippen molar-refractivity contribution >= 4 is 44.6 Å². The zero-order chi connectivity index (χ0) is 24.0. The van der Waals surface area contributed by atoms with E-state index in [1.165, 1.54) is 15.7 Å². The highest BCUT2D eigenvalue weighted by molar-refractivity contribution is 7.17. The average molecular weight is 484 g/mol. The molecule has 0 unspecified atom stereocenters. The molecule has 0 bridgehead atoms. The van der Waals surface area contributed by atoms with Gasteiger partial charge < -0.3 is 10.5 Å². The van der Waals surface area contributed by atoms with Crippen molar-refractivity contribution in [3.05, 3.63) is 80.4 Å². The summed E-state index contributed by atoms with van der Waals surface area (Å²) in [4.78, 5) is 18.0. The third kappa shape index (κ3) is 3.17. The first kappa shape index (κ1) is 21.5. The molecule has 7 nitrogen and oxygen atoms in total. The number of methoxy groups -OCH3 is 1. The monoisotopic (exact) mass is 483 g/mol. The Morgan fingerprint density at radius 2 is 1.68 bits per heavy atom. The predicted molar refractivity (Wildman–Crippen MR) is 133 cm³/mol. The van der Waals surface area contributed by atoms with Crippen LogP contribution in [0.25, 0.3) is 38.1 Å². The number of ether oxygens (including phenoxy) is 1. The van der Waals surface area contributed by atoms with E-state index in [0.717, 1.165) is 5.56 Å². The summed E-state index contributed by atoms with van der Waals surface area (Å²) in [6.45, 7) is 0. The molecule has 164 valence electrons. The predicted octanol–water partition coefficient (Wildman–Crippen LogP) is 5.23. The molecule has 0 aliphatic rings. The Hall–Kier alpha value is -4.37. The minimum Gasteiger partial charge on any atom is -0.497 e. The number of nitrogen functional groups attached to an aromatic ring is 1. The van der Waals surface area contributed by atoms with Crippen molar-refractivity contribution in [3.63, 3.8) is 0 Å². The summed E-state index contributed by atoms with van der Waals surface area (Å²) in [5.74, 6) is 0.725. The van der Waals surface area contributed by atoms with Crippen molar-refractivity contribution in [2.24, 2.45) is 0 Å². The molecule has 0 aliphatic heterocycles. The molecule has 0 aliphatic carbocycles. The SMILES string of the molecule is COc1ccc(-c2c(C#N)c(N)n3c(nc(=O)c4c(-c5ccc(Cl)cc5)csc43)c2C#N)cc1. The fourth-order valence-corrected chi connectivity index (χ4v) is 5.21. The molecule has 2 N–H and O–H groups in total. The molecule has 34 heavy (non-hydrogen) atoms. The van der Waals surface area contributed by atoms with Crippen LogP contribution in [0.3, 0.4) is 0 Å². The number of pyridine rings is 1. The number of thiophene rings is 1. The molecule has 3 aromatic heterocycles. The summed E-state index contributed by atoms with van der Waals surface area (Å²) in [5, 5.41) is 22.9. The van der Waals surface area contributed by atoms with Crippen molar-refractivity contribution in [2.75, 3.05) is 12.8 Å². The Kier molecular flexibility index (Phi) is 5.18. The molecule has 0 amide bonds. The fourth-order valence-electron chi connectivity index (χ4n) is 3.99. The summed E-state index contributed by atoms with van der Waals surface area (Å²) in [7, 11) is 1.55. The second-order valence-electron chi connectivity index (χ2n) is 7.37. The molecular formula is C25H14ClN5O2S. The molecule has 2 aromatic carbocycles. The maximum absolute atomic E-state index is 13.2. The molecule has 3 heterocycles. The number of hydrogen-bond acceptors (Lipinski definition) is 7. The van der Waals surface area contributed by atoms with Gasteiger partial charge in [0.2, 0.25) is 0 Å². The van der Waals surface area contributed by atoms with Crippen LogP contribution in [0.1, 0.15) is 11.1 Å². The summed E-state index contributed by atoms with van der Waals surface area (Å²) in [6, 6.07) is 18.3. The highest BCUT2D eigenvalue weighted by Crippen LogP contribution is 2.38. The summed E-state index contributed by atoms with van der Waals surface area (Å²) in [6.07, 6.45) is 0. The van der Waals surface area contributed by atoms with Crippen LogP contribution in [-0.4, -0.2) is 16.5 Å². The lowest BCUT2D eigenvalue weighted by Gasteiger charge is -2.15. The number of nitrogens with two attached hydrogens (primary N) is 1. The Bertz CT molecular complexity index is 1740. The highest BCUT2D eigenvalue weighted by Gasteiger charge is 2.24. The summed E-state index contributed by atoms with van der Waals surface area (Å²) >= 11 is 7.30. The van der Waals surface area contributed by atoms with E-state index in [1.807, 2.05) is 17.5 Å². The van der Waals surface area contributed by atoms with Crippen LogP contribution in [0, 0.1) is 22.7 Å². The van der Waals surface area contributed by atoms with Gasteiger partial charge in [0.05, 0.1) is 12.5 Å². The largest absolute Gasteiger partial charge is 0.497 e. The van der Waals surface area contributed by atoms with E-state index < -0.39 is 5.56 Å². The normalized spacial score (nSPS) is 10.8. The number of fused-ring (bicyclic) bond motifs is 3. The van der Waals surface area contributed by atoms with Crippen LogP contribution in [0.2, 0.25) is 5.02 Å². The molecule has 0 spiro atoms. The van der Waals surface area contributed by atoms with Gasteiger partial charge in [-0.1, -0.05) is 35.9 Å². The zero-order valence-electron chi connectivity index (χ0n) is 17.7. The van der Waals surface area contributed by atoms with Crippen molar-refractivity contribution in [3.8, 4) is 40.1 Å². The fraction of sp³-hybridized carbons (Fsp3) is 0.0400.